The second-order valence-electron chi connectivity index (χ2n) is 8.57. The molecular formula is C25H39FN2O2. The van der Waals surface area contributed by atoms with Gasteiger partial charge in [0, 0.05) is 26.2 Å². The second-order valence-corrected chi connectivity index (χ2v) is 8.57. The van der Waals surface area contributed by atoms with Gasteiger partial charge in [-0.1, -0.05) is 31.1 Å². The molecule has 1 aliphatic carbocycles. The minimum Gasteiger partial charge on any atom is -0.378 e. The van der Waals surface area contributed by atoms with Crippen molar-refractivity contribution in [2.75, 3.05) is 33.8 Å². The number of carbonyl (C=O) groups excluding carboxylic acids is 1. The maximum atomic E-state index is 13.0. The normalized spacial score (nSPS) is 19.1. The van der Waals surface area contributed by atoms with E-state index >= 15 is 0 Å². The highest BCUT2D eigenvalue weighted by atomic mass is 19.1. The molecule has 1 amide bonds. The van der Waals surface area contributed by atoms with Gasteiger partial charge >= 0.3 is 0 Å². The lowest BCUT2D eigenvalue weighted by Crippen LogP contribution is -2.41. The Morgan fingerprint density at radius 1 is 1.10 bits per heavy atom. The van der Waals surface area contributed by atoms with Crippen molar-refractivity contribution in [1.29, 1.82) is 0 Å². The van der Waals surface area contributed by atoms with E-state index in [0.29, 0.717) is 12.5 Å². The quantitative estimate of drug-likeness (QED) is 0.340. The first-order valence-corrected chi connectivity index (χ1v) is 11.4. The molecule has 1 aromatic carbocycles. The van der Waals surface area contributed by atoms with Gasteiger partial charge in [-0.15, -0.1) is 6.58 Å². The van der Waals surface area contributed by atoms with Crippen molar-refractivity contribution in [2.45, 2.75) is 69.9 Å². The van der Waals surface area contributed by atoms with Gasteiger partial charge in [0.1, 0.15) is 5.82 Å². The molecule has 0 aliphatic heterocycles. The number of nitrogens with zero attached hydrogens (tertiary/aromatic N) is 2. The third-order valence-corrected chi connectivity index (χ3v) is 6.08. The molecule has 0 radical (unpaired) electrons. The molecule has 5 heteroatoms. The van der Waals surface area contributed by atoms with Crippen LogP contribution in [-0.4, -0.2) is 61.6 Å². The summed E-state index contributed by atoms with van der Waals surface area (Å²) in [5, 5.41) is 0. The molecule has 1 aromatic rings. The smallest absolute Gasteiger partial charge is 0.226 e. The van der Waals surface area contributed by atoms with Gasteiger partial charge in [-0.2, -0.15) is 0 Å². The van der Waals surface area contributed by atoms with Gasteiger partial charge in [-0.3, -0.25) is 4.79 Å². The van der Waals surface area contributed by atoms with Crippen molar-refractivity contribution in [3.05, 3.63) is 48.3 Å². The Morgan fingerprint density at radius 3 is 2.43 bits per heavy atom. The summed E-state index contributed by atoms with van der Waals surface area (Å²) < 4.78 is 19.1. The molecule has 4 nitrogen and oxygen atoms in total. The molecule has 2 rings (SSSR count). The zero-order valence-corrected chi connectivity index (χ0v) is 18.8. The Morgan fingerprint density at radius 2 is 1.77 bits per heavy atom. The summed E-state index contributed by atoms with van der Waals surface area (Å²) in [6.45, 7) is 6.70. The maximum absolute atomic E-state index is 13.0. The maximum Gasteiger partial charge on any atom is 0.226 e. The predicted molar refractivity (Wildman–Crippen MR) is 121 cm³/mol. The van der Waals surface area contributed by atoms with Crippen LogP contribution in [0.2, 0.25) is 0 Å². The minimum absolute atomic E-state index is 0.102. The van der Waals surface area contributed by atoms with Crippen LogP contribution in [0.4, 0.5) is 4.39 Å². The Kier molecular flexibility index (Phi) is 11.1. The van der Waals surface area contributed by atoms with E-state index in [1.54, 1.807) is 12.1 Å². The molecule has 0 aromatic heterocycles. The molecule has 1 aliphatic rings. The monoisotopic (exact) mass is 418 g/mol. The molecule has 1 fully saturated rings. The van der Waals surface area contributed by atoms with E-state index in [9.17, 15) is 9.18 Å². The molecule has 0 unspecified atom stereocenters. The highest BCUT2D eigenvalue weighted by molar-refractivity contribution is 5.78. The number of unbranched alkanes of at least 4 members (excludes halogenated alkanes) is 3. The van der Waals surface area contributed by atoms with Gasteiger partial charge in [0.2, 0.25) is 5.91 Å². The number of halogens is 1. The van der Waals surface area contributed by atoms with E-state index in [4.69, 9.17) is 4.74 Å². The number of carbonyl (C=O) groups is 1. The summed E-state index contributed by atoms with van der Waals surface area (Å²) in [6, 6.07) is 6.47. The van der Waals surface area contributed by atoms with Gasteiger partial charge in [-0.25, -0.2) is 4.39 Å². The van der Waals surface area contributed by atoms with Crippen LogP contribution in [0.1, 0.15) is 56.9 Å². The molecular weight excluding hydrogens is 379 g/mol. The molecule has 0 saturated heterocycles. The van der Waals surface area contributed by atoms with Gasteiger partial charge < -0.3 is 14.5 Å². The van der Waals surface area contributed by atoms with Gasteiger partial charge in [0.05, 0.1) is 12.5 Å². The van der Waals surface area contributed by atoms with Crippen molar-refractivity contribution in [2.24, 2.45) is 0 Å². The molecule has 0 atom stereocenters. The molecule has 0 heterocycles. The minimum atomic E-state index is -0.269. The molecule has 168 valence electrons. The lowest BCUT2D eigenvalue weighted by molar-refractivity contribution is -0.132. The van der Waals surface area contributed by atoms with Gasteiger partial charge in [0.15, 0.2) is 0 Å². The lowest BCUT2D eigenvalue weighted by atomic mass is 9.91. The van der Waals surface area contributed by atoms with Crippen molar-refractivity contribution in [1.82, 2.24) is 9.80 Å². The number of hydrogen-bond donors (Lipinski definition) is 0. The largest absolute Gasteiger partial charge is 0.378 e. The second kappa shape index (κ2) is 13.6. The van der Waals surface area contributed by atoms with Crippen molar-refractivity contribution in [3.63, 3.8) is 0 Å². The van der Waals surface area contributed by atoms with Gasteiger partial charge in [0.25, 0.3) is 0 Å². The number of benzene rings is 1. The van der Waals surface area contributed by atoms with Crippen LogP contribution in [0, 0.1) is 5.82 Å². The van der Waals surface area contributed by atoms with E-state index in [1.165, 1.54) is 31.4 Å². The van der Waals surface area contributed by atoms with E-state index in [-0.39, 0.29) is 17.8 Å². The van der Waals surface area contributed by atoms with E-state index < -0.39 is 0 Å². The number of likely N-dealkylation sites (N-methyl/N-ethyl adjacent to an activating group) is 2. The van der Waals surface area contributed by atoms with Crippen LogP contribution in [0.5, 0.6) is 0 Å². The van der Waals surface area contributed by atoms with Gasteiger partial charge in [-0.05, 0) is 69.8 Å². The highest BCUT2D eigenvalue weighted by Gasteiger charge is 2.26. The van der Waals surface area contributed by atoms with Crippen molar-refractivity contribution in [3.8, 4) is 0 Å². The molecule has 0 spiro atoms. The zero-order valence-electron chi connectivity index (χ0n) is 18.8. The SMILES string of the molecule is C=CCN(C)CCCCCCOC1CCC(N(C)C(=O)Cc2ccc(F)cc2)CC1. The fraction of sp³-hybridized carbons (Fsp3) is 0.640. The predicted octanol–water partition coefficient (Wildman–Crippen LogP) is 4.83. The first kappa shape index (κ1) is 24.5. The number of amides is 1. The van der Waals surface area contributed by atoms with E-state index in [2.05, 4.69) is 18.5 Å². The average molecular weight is 419 g/mol. The molecule has 1 saturated carbocycles. The Hall–Kier alpha value is -1.72. The van der Waals surface area contributed by atoms with Crippen LogP contribution >= 0.6 is 0 Å². The summed E-state index contributed by atoms with van der Waals surface area (Å²) in [7, 11) is 4.03. The van der Waals surface area contributed by atoms with E-state index in [1.807, 2.05) is 18.0 Å². The summed E-state index contributed by atoms with van der Waals surface area (Å²) in [6.07, 6.45) is 11.5. The fourth-order valence-electron chi connectivity index (χ4n) is 4.10. The number of rotatable bonds is 13. The number of hydrogen-bond acceptors (Lipinski definition) is 3. The molecule has 0 bridgehead atoms. The van der Waals surface area contributed by atoms with Crippen molar-refractivity contribution >= 4 is 5.91 Å². The zero-order chi connectivity index (χ0) is 21.8. The van der Waals surface area contributed by atoms with Crippen LogP contribution in [0.15, 0.2) is 36.9 Å². The van der Waals surface area contributed by atoms with Crippen LogP contribution in [0.3, 0.4) is 0 Å². The van der Waals surface area contributed by atoms with Crippen LogP contribution in [0.25, 0.3) is 0 Å². The first-order chi connectivity index (χ1) is 14.5. The summed E-state index contributed by atoms with van der Waals surface area (Å²) in [5.74, 6) is -0.168. The summed E-state index contributed by atoms with van der Waals surface area (Å²) >= 11 is 0. The van der Waals surface area contributed by atoms with Crippen molar-refractivity contribution < 1.29 is 13.9 Å². The third kappa shape index (κ3) is 8.97. The van der Waals surface area contributed by atoms with E-state index in [0.717, 1.165) is 57.4 Å². The molecule has 30 heavy (non-hydrogen) atoms. The fourth-order valence-corrected chi connectivity index (χ4v) is 4.10. The van der Waals surface area contributed by atoms with Crippen LogP contribution in [-0.2, 0) is 16.0 Å². The Balaban J connectivity index is 1.55. The summed E-state index contributed by atoms with van der Waals surface area (Å²) in [4.78, 5) is 16.7. The molecule has 0 N–H and O–H groups in total. The van der Waals surface area contributed by atoms with Crippen LogP contribution < -0.4 is 0 Å². The Bertz CT molecular complexity index is 627. The topological polar surface area (TPSA) is 32.8 Å². The first-order valence-electron chi connectivity index (χ1n) is 11.4. The highest BCUT2D eigenvalue weighted by Crippen LogP contribution is 2.25. The Labute approximate surface area is 182 Å². The lowest BCUT2D eigenvalue weighted by Gasteiger charge is -2.34. The summed E-state index contributed by atoms with van der Waals surface area (Å²) in [5.41, 5.74) is 0.859. The average Bonchev–Trinajstić information content (AvgIpc) is 2.74. The number of ether oxygens (including phenoxy) is 1. The standard InChI is InChI=1S/C25H39FN2O2/c1-4-17-27(2)18-7-5-6-8-19-30-24-15-13-23(14-16-24)28(3)25(29)20-21-9-11-22(26)12-10-21/h4,9-12,23-24H,1,5-8,13-20H2,2-3H3. The third-order valence-electron chi connectivity index (χ3n) is 6.08.